The van der Waals surface area contributed by atoms with Crippen molar-refractivity contribution < 1.29 is 18.7 Å². The van der Waals surface area contributed by atoms with Gasteiger partial charge in [-0.15, -0.1) is 5.10 Å². The zero-order valence-electron chi connectivity index (χ0n) is 15.3. The monoisotopic (exact) mass is 410 g/mol. The molecular weight excluding hydrogens is 395 g/mol. The number of carbonyl (C=O) groups is 2. The fourth-order valence-corrected chi connectivity index (χ4v) is 3.75. The van der Waals surface area contributed by atoms with E-state index < -0.39 is 11.7 Å². The first-order chi connectivity index (χ1) is 14.0. The number of aromatic amines is 1. The predicted octanol–water partition coefficient (Wildman–Crippen LogP) is 3.86. The summed E-state index contributed by atoms with van der Waals surface area (Å²) in [5.74, 6) is -0.817. The van der Waals surface area contributed by atoms with Crippen molar-refractivity contribution in [3.8, 4) is 17.0 Å². The third-order valence-electron chi connectivity index (χ3n) is 4.33. The van der Waals surface area contributed by atoms with Crippen LogP contribution in [0.1, 0.15) is 11.1 Å². The second-order valence-electron chi connectivity index (χ2n) is 6.22. The Morgan fingerprint density at radius 1 is 1.24 bits per heavy atom. The van der Waals surface area contributed by atoms with Crippen LogP contribution in [-0.2, 0) is 11.3 Å². The fraction of sp³-hybridized carbons (Fsp3) is 0.100. The number of nitrogens with zero attached hydrogens (tertiary/aromatic N) is 3. The van der Waals surface area contributed by atoms with Crippen molar-refractivity contribution in [2.24, 2.45) is 0 Å². The van der Waals surface area contributed by atoms with Crippen LogP contribution in [0.25, 0.3) is 17.3 Å². The molecule has 2 amide bonds. The van der Waals surface area contributed by atoms with E-state index in [2.05, 4.69) is 15.4 Å². The number of thioether (sulfide) groups is 1. The molecule has 1 aliphatic heterocycles. The Bertz CT molecular complexity index is 1110. The van der Waals surface area contributed by atoms with Crippen LogP contribution in [0.2, 0.25) is 0 Å². The Kier molecular flexibility index (Phi) is 5.13. The highest BCUT2D eigenvalue weighted by Crippen LogP contribution is 2.34. The molecule has 0 radical (unpaired) electrons. The summed E-state index contributed by atoms with van der Waals surface area (Å²) in [5.41, 5.74) is 2.86. The average Bonchev–Trinajstić information content (AvgIpc) is 3.35. The molecule has 1 aromatic heterocycles. The Morgan fingerprint density at radius 3 is 2.86 bits per heavy atom. The van der Waals surface area contributed by atoms with Crippen molar-refractivity contribution in [2.45, 2.75) is 6.54 Å². The van der Waals surface area contributed by atoms with Gasteiger partial charge >= 0.3 is 0 Å². The van der Waals surface area contributed by atoms with Gasteiger partial charge in [0.2, 0.25) is 0 Å². The van der Waals surface area contributed by atoms with Crippen LogP contribution in [0.4, 0.5) is 9.18 Å². The number of benzene rings is 2. The van der Waals surface area contributed by atoms with Crippen molar-refractivity contribution in [3.05, 3.63) is 70.5 Å². The number of nitrogens with one attached hydrogen (secondary N) is 1. The zero-order valence-corrected chi connectivity index (χ0v) is 16.1. The van der Waals surface area contributed by atoms with E-state index in [9.17, 15) is 14.0 Å². The largest absolute Gasteiger partial charge is 0.494 e. The number of amides is 2. The van der Waals surface area contributed by atoms with Crippen molar-refractivity contribution >= 4 is 29.0 Å². The Hall–Kier alpha value is -3.46. The summed E-state index contributed by atoms with van der Waals surface area (Å²) in [6.45, 7) is 0.139. The van der Waals surface area contributed by atoms with Crippen LogP contribution in [0, 0.1) is 5.82 Å². The molecular formula is C20H15FN4O3S. The quantitative estimate of drug-likeness (QED) is 0.643. The van der Waals surface area contributed by atoms with E-state index in [0.717, 1.165) is 22.9 Å². The first kappa shape index (κ1) is 18.9. The molecule has 3 aromatic rings. The van der Waals surface area contributed by atoms with Crippen LogP contribution in [0.5, 0.6) is 5.75 Å². The van der Waals surface area contributed by atoms with Gasteiger partial charge in [-0.1, -0.05) is 29.5 Å². The molecule has 1 fully saturated rings. The molecule has 0 saturated carbocycles. The molecule has 2 aromatic carbocycles. The lowest BCUT2D eigenvalue weighted by atomic mass is 10.1. The molecule has 0 spiro atoms. The summed E-state index contributed by atoms with van der Waals surface area (Å²) in [6, 6.07) is 11.6. The van der Waals surface area contributed by atoms with Gasteiger partial charge in [-0.2, -0.15) is 0 Å². The molecule has 146 valence electrons. The Balaban J connectivity index is 1.55. The van der Waals surface area contributed by atoms with Crippen molar-refractivity contribution in [2.75, 3.05) is 7.11 Å². The van der Waals surface area contributed by atoms with Gasteiger partial charge < -0.3 is 4.74 Å². The first-order valence-corrected chi connectivity index (χ1v) is 9.41. The van der Waals surface area contributed by atoms with Gasteiger partial charge in [-0.3, -0.25) is 19.6 Å². The van der Waals surface area contributed by atoms with E-state index in [1.807, 2.05) is 24.3 Å². The van der Waals surface area contributed by atoms with Crippen molar-refractivity contribution in [3.63, 3.8) is 0 Å². The Morgan fingerprint density at radius 2 is 2.10 bits per heavy atom. The standard InChI is InChI=1S/C20H15FN4O3S/c1-28-17-8-12(5-6-15(17)21)9-18-19(26)25(20(27)29-18)11-13-3-2-4-14(7-13)16-10-22-24-23-16/h2-10H,11H2,1H3,(H,22,23,24). The van der Waals surface area contributed by atoms with Crippen LogP contribution < -0.4 is 4.74 Å². The maximum absolute atomic E-state index is 13.6. The number of halogens is 1. The number of ether oxygens (including phenoxy) is 1. The Labute approximate surface area is 169 Å². The lowest BCUT2D eigenvalue weighted by Gasteiger charge is -2.13. The summed E-state index contributed by atoms with van der Waals surface area (Å²) in [6.07, 6.45) is 3.22. The minimum atomic E-state index is -0.496. The molecule has 4 rings (SSSR count). The van der Waals surface area contributed by atoms with Crippen molar-refractivity contribution in [1.29, 1.82) is 0 Å². The lowest BCUT2D eigenvalue weighted by Crippen LogP contribution is -2.27. The number of hydrogen-bond acceptors (Lipinski definition) is 6. The van der Waals surface area contributed by atoms with Gasteiger partial charge in [-0.25, -0.2) is 4.39 Å². The molecule has 29 heavy (non-hydrogen) atoms. The highest BCUT2D eigenvalue weighted by atomic mass is 32.2. The van der Waals surface area contributed by atoms with Gasteiger partial charge in [0.25, 0.3) is 11.1 Å². The second kappa shape index (κ2) is 7.88. The van der Waals surface area contributed by atoms with E-state index >= 15 is 0 Å². The summed E-state index contributed by atoms with van der Waals surface area (Å²) < 4.78 is 18.5. The SMILES string of the molecule is COc1cc(C=C2SC(=O)N(Cc3cccc(-c4c[nH]nn4)c3)C2=O)ccc1F. The maximum Gasteiger partial charge on any atom is 0.293 e. The van der Waals surface area contributed by atoms with Crippen LogP contribution in [-0.4, -0.2) is 38.6 Å². The summed E-state index contributed by atoms with van der Waals surface area (Å²) in [7, 11) is 1.36. The predicted molar refractivity (Wildman–Crippen MR) is 106 cm³/mol. The number of hydrogen-bond donors (Lipinski definition) is 1. The minimum absolute atomic E-state index is 0.0719. The van der Waals surface area contributed by atoms with Crippen LogP contribution >= 0.6 is 11.8 Å². The number of H-pyrrole nitrogens is 1. The second-order valence-corrected chi connectivity index (χ2v) is 7.21. The van der Waals surface area contributed by atoms with Gasteiger partial charge in [0, 0.05) is 11.8 Å². The highest BCUT2D eigenvalue weighted by Gasteiger charge is 2.35. The molecule has 0 bridgehead atoms. The number of carbonyl (C=O) groups excluding carboxylic acids is 2. The molecule has 2 heterocycles. The van der Waals surface area contributed by atoms with E-state index in [1.54, 1.807) is 12.3 Å². The van der Waals surface area contributed by atoms with E-state index in [1.165, 1.54) is 30.2 Å². The molecule has 1 saturated heterocycles. The van der Waals surface area contributed by atoms with Gasteiger partial charge in [0.15, 0.2) is 11.6 Å². The van der Waals surface area contributed by atoms with Gasteiger partial charge in [0.1, 0.15) is 5.69 Å². The maximum atomic E-state index is 13.6. The molecule has 0 unspecified atom stereocenters. The van der Waals surface area contributed by atoms with Crippen LogP contribution in [0.3, 0.4) is 0 Å². The normalized spacial score (nSPS) is 15.4. The summed E-state index contributed by atoms with van der Waals surface area (Å²) in [4.78, 5) is 26.6. The lowest BCUT2D eigenvalue weighted by molar-refractivity contribution is -0.123. The topological polar surface area (TPSA) is 88.2 Å². The molecule has 1 aliphatic rings. The zero-order chi connectivity index (χ0) is 20.4. The number of methoxy groups -OCH3 is 1. The molecule has 1 N–H and O–H groups in total. The number of aromatic nitrogens is 3. The van der Waals surface area contributed by atoms with E-state index in [-0.39, 0.29) is 22.4 Å². The average molecular weight is 410 g/mol. The minimum Gasteiger partial charge on any atom is -0.494 e. The molecule has 0 atom stereocenters. The third kappa shape index (κ3) is 3.90. The molecule has 9 heteroatoms. The highest BCUT2D eigenvalue weighted by molar-refractivity contribution is 8.18. The fourth-order valence-electron chi connectivity index (χ4n) is 2.91. The van der Waals surface area contributed by atoms with Crippen LogP contribution in [0.15, 0.2) is 53.6 Å². The third-order valence-corrected chi connectivity index (χ3v) is 5.23. The summed E-state index contributed by atoms with van der Waals surface area (Å²) >= 11 is 0.852. The number of rotatable bonds is 5. The molecule has 7 nitrogen and oxygen atoms in total. The molecule has 0 aliphatic carbocycles. The first-order valence-electron chi connectivity index (χ1n) is 8.60. The van der Waals surface area contributed by atoms with Crippen molar-refractivity contribution in [1.82, 2.24) is 20.3 Å². The summed E-state index contributed by atoms with van der Waals surface area (Å²) in [5, 5.41) is 9.95. The van der Waals surface area contributed by atoms with Gasteiger partial charge in [0.05, 0.1) is 18.6 Å². The van der Waals surface area contributed by atoms with Gasteiger partial charge in [-0.05, 0) is 47.2 Å². The number of imide groups is 1. The smallest absolute Gasteiger partial charge is 0.293 e. The van der Waals surface area contributed by atoms with E-state index in [4.69, 9.17) is 4.74 Å². The van der Waals surface area contributed by atoms with E-state index in [0.29, 0.717) is 11.3 Å².